The summed E-state index contributed by atoms with van der Waals surface area (Å²) in [4.78, 5) is 16.5. The van der Waals surface area contributed by atoms with Gasteiger partial charge in [-0.2, -0.15) is 0 Å². The van der Waals surface area contributed by atoms with Crippen LogP contribution in [0.25, 0.3) is 32.9 Å². The SMILES string of the molecule is COCOc1cc(-c2cc3nc(SC)ncc3c(N3CCC34CC(F)(F)C4)n2)c2c(C#C[Si](C(C)C)(C(C)C)C(C)C)c(F)ccc2c1. The van der Waals surface area contributed by atoms with E-state index in [1.54, 1.807) is 19.4 Å². The number of hydrogen-bond acceptors (Lipinski definition) is 7. The highest BCUT2D eigenvalue weighted by molar-refractivity contribution is 7.98. The summed E-state index contributed by atoms with van der Waals surface area (Å²) in [5, 5.41) is 2.63. The zero-order valence-electron chi connectivity index (χ0n) is 28.9. The second-order valence-electron chi connectivity index (χ2n) is 14.1. The van der Waals surface area contributed by atoms with E-state index in [2.05, 4.69) is 58.0 Å². The van der Waals surface area contributed by atoms with Crippen molar-refractivity contribution >= 4 is 47.3 Å². The predicted octanol–water partition coefficient (Wildman–Crippen LogP) is 9.64. The smallest absolute Gasteiger partial charge is 0.252 e. The summed E-state index contributed by atoms with van der Waals surface area (Å²) < 4.78 is 55.7. The Balaban J connectivity index is 1.64. The van der Waals surface area contributed by atoms with Gasteiger partial charge in [-0.25, -0.2) is 28.1 Å². The standard InChI is InChI=1S/C37H43F3N4O2SSi/c1-22(2)48(23(3)4,24(5)6)14-11-27-30(38)10-9-25-15-26(46-21-45-7)16-28(33(25)27)31-17-32-29(18-41-35(43-32)47-8)34(42-31)44-13-12-36(44)19-37(39,40)20-36/h9-10,15-18,22-24H,12-13,19-21H2,1-8H3. The van der Waals surface area contributed by atoms with Gasteiger partial charge >= 0.3 is 0 Å². The number of anilines is 1. The van der Waals surface area contributed by atoms with Crippen LogP contribution in [0.4, 0.5) is 19.0 Å². The third kappa shape index (κ3) is 5.84. The number of halogens is 3. The van der Waals surface area contributed by atoms with Crippen molar-refractivity contribution < 1.29 is 22.6 Å². The van der Waals surface area contributed by atoms with Crippen LogP contribution in [0.1, 0.15) is 66.4 Å². The van der Waals surface area contributed by atoms with Gasteiger partial charge < -0.3 is 14.4 Å². The molecule has 2 aliphatic rings. The summed E-state index contributed by atoms with van der Waals surface area (Å²) in [5.74, 6) is 1.37. The van der Waals surface area contributed by atoms with Gasteiger partial charge in [0.2, 0.25) is 0 Å². The highest BCUT2D eigenvalue weighted by atomic mass is 32.2. The van der Waals surface area contributed by atoms with Crippen LogP contribution < -0.4 is 9.64 Å². The van der Waals surface area contributed by atoms with Crippen LogP contribution in [0.5, 0.6) is 5.75 Å². The minimum atomic E-state index is -2.69. The normalized spacial score (nSPS) is 16.8. The van der Waals surface area contributed by atoms with Crippen molar-refractivity contribution in [1.29, 1.82) is 0 Å². The van der Waals surface area contributed by atoms with Gasteiger partial charge in [0, 0.05) is 43.6 Å². The van der Waals surface area contributed by atoms with Gasteiger partial charge in [0.05, 0.1) is 27.7 Å². The average Bonchev–Trinajstić information content (AvgIpc) is 3.01. The van der Waals surface area contributed by atoms with E-state index in [9.17, 15) is 8.78 Å². The zero-order valence-corrected chi connectivity index (χ0v) is 30.7. The van der Waals surface area contributed by atoms with Crippen LogP contribution in [0.2, 0.25) is 16.6 Å². The summed E-state index contributed by atoms with van der Waals surface area (Å²) in [7, 11) is -0.663. The molecule has 1 aliphatic carbocycles. The van der Waals surface area contributed by atoms with Gasteiger partial charge in [-0.05, 0) is 59.0 Å². The number of hydrogen-bond donors (Lipinski definition) is 0. The lowest BCUT2D eigenvalue weighted by Crippen LogP contribution is -2.70. The molecule has 254 valence electrons. The van der Waals surface area contributed by atoms with Crippen molar-refractivity contribution in [1.82, 2.24) is 15.0 Å². The maximum Gasteiger partial charge on any atom is 0.252 e. The lowest BCUT2D eigenvalue weighted by Gasteiger charge is -2.61. The minimum Gasteiger partial charge on any atom is -0.468 e. The van der Waals surface area contributed by atoms with Crippen molar-refractivity contribution in [3.8, 4) is 28.5 Å². The van der Waals surface area contributed by atoms with E-state index >= 15 is 4.39 Å². The molecule has 0 atom stereocenters. The van der Waals surface area contributed by atoms with E-state index in [0.717, 1.165) is 5.39 Å². The van der Waals surface area contributed by atoms with Crippen molar-refractivity contribution in [3.05, 3.63) is 47.9 Å². The molecular weight excluding hydrogens is 650 g/mol. The van der Waals surface area contributed by atoms with Crippen molar-refractivity contribution in [2.75, 3.05) is 31.6 Å². The molecule has 3 heterocycles. The molecular formula is C37H43F3N4O2SSi. The van der Waals surface area contributed by atoms with E-state index < -0.39 is 25.4 Å². The van der Waals surface area contributed by atoms with E-state index in [1.807, 2.05) is 29.4 Å². The van der Waals surface area contributed by atoms with E-state index in [0.29, 0.717) is 79.4 Å². The summed E-state index contributed by atoms with van der Waals surface area (Å²) in [6.07, 6.45) is 3.87. The molecule has 11 heteroatoms. The Kier molecular flexibility index (Phi) is 9.24. The van der Waals surface area contributed by atoms with Crippen molar-refractivity contribution in [2.24, 2.45) is 0 Å². The molecule has 0 bridgehead atoms. The first kappa shape index (κ1) is 34.5. The Bertz CT molecular complexity index is 1910. The Morgan fingerprint density at radius 3 is 2.31 bits per heavy atom. The monoisotopic (exact) mass is 692 g/mol. The van der Waals surface area contributed by atoms with E-state index in [-0.39, 0.29) is 19.6 Å². The van der Waals surface area contributed by atoms with E-state index in [4.69, 9.17) is 19.4 Å². The third-order valence-corrected chi connectivity index (χ3v) is 17.3. The molecule has 2 aromatic heterocycles. The summed E-state index contributed by atoms with van der Waals surface area (Å²) in [6, 6.07) is 8.75. The molecule has 1 spiro atoms. The number of thioether (sulfide) groups is 1. The lowest BCUT2D eigenvalue weighted by atomic mass is 9.65. The van der Waals surface area contributed by atoms with Gasteiger partial charge in [-0.15, -0.1) is 5.54 Å². The number of benzene rings is 2. The third-order valence-electron chi connectivity index (χ3n) is 10.5. The van der Waals surface area contributed by atoms with Crippen molar-refractivity contribution in [3.63, 3.8) is 0 Å². The lowest BCUT2D eigenvalue weighted by molar-refractivity contribution is -0.140. The molecule has 1 saturated carbocycles. The topological polar surface area (TPSA) is 60.4 Å². The van der Waals surface area contributed by atoms with Crippen LogP contribution in [-0.2, 0) is 4.74 Å². The van der Waals surface area contributed by atoms with E-state index in [1.165, 1.54) is 17.8 Å². The summed E-state index contributed by atoms with van der Waals surface area (Å²) in [6.45, 7) is 14.0. The maximum absolute atomic E-state index is 16.1. The Hall–Kier alpha value is -3.33. The molecule has 48 heavy (non-hydrogen) atoms. The molecule has 0 radical (unpaired) electrons. The first-order valence-corrected chi connectivity index (χ1v) is 20.0. The highest BCUT2D eigenvalue weighted by Gasteiger charge is 2.63. The van der Waals surface area contributed by atoms with Gasteiger partial charge in [0.1, 0.15) is 25.5 Å². The molecule has 1 saturated heterocycles. The number of pyridine rings is 1. The predicted molar refractivity (Wildman–Crippen MR) is 191 cm³/mol. The number of methoxy groups -OCH3 is 1. The second-order valence-corrected chi connectivity index (χ2v) is 20.5. The Labute approximate surface area is 286 Å². The molecule has 2 aromatic carbocycles. The number of fused-ring (bicyclic) bond motifs is 2. The molecule has 6 rings (SSSR count). The first-order chi connectivity index (χ1) is 22.7. The van der Waals surface area contributed by atoms with Gasteiger partial charge in [0.15, 0.2) is 11.9 Å². The second kappa shape index (κ2) is 12.8. The first-order valence-electron chi connectivity index (χ1n) is 16.5. The number of aromatic nitrogens is 3. The molecule has 0 N–H and O–H groups in total. The fourth-order valence-corrected chi connectivity index (χ4v) is 13.7. The van der Waals surface area contributed by atoms with Gasteiger partial charge in [-0.3, -0.25) is 0 Å². The number of nitrogens with zero attached hydrogens (tertiary/aromatic N) is 4. The molecule has 2 fully saturated rings. The van der Waals surface area contributed by atoms with Crippen molar-refractivity contribution in [2.45, 2.75) is 94.0 Å². The molecule has 0 unspecified atom stereocenters. The Morgan fingerprint density at radius 2 is 1.73 bits per heavy atom. The number of rotatable bonds is 9. The molecule has 0 amide bonds. The van der Waals surface area contributed by atoms with Crippen LogP contribution in [0.15, 0.2) is 41.7 Å². The van der Waals surface area contributed by atoms with Crippen LogP contribution in [0, 0.1) is 17.3 Å². The number of alkyl halides is 2. The zero-order chi connectivity index (χ0) is 34.6. The van der Waals surface area contributed by atoms with Gasteiger partial charge in [0.25, 0.3) is 5.92 Å². The fraction of sp³-hybridized carbons (Fsp3) is 0.486. The fourth-order valence-electron chi connectivity index (χ4n) is 8.14. The molecule has 4 aromatic rings. The van der Waals surface area contributed by atoms with Crippen LogP contribution in [0.3, 0.4) is 0 Å². The summed E-state index contributed by atoms with van der Waals surface area (Å²) >= 11 is 1.42. The average molecular weight is 693 g/mol. The quantitative estimate of drug-likeness (QED) is 0.0569. The van der Waals surface area contributed by atoms with Crippen LogP contribution >= 0.6 is 11.8 Å². The Morgan fingerprint density at radius 1 is 1.02 bits per heavy atom. The van der Waals surface area contributed by atoms with Crippen LogP contribution in [-0.4, -0.2) is 61.2 Å². The largest absolute Gasteiger partial charge is 0.468 e. The number of ether oxygens (including phenoxy) is 2. The maximum atomic E-state index is 16.1. The van der Waals surface area contributed by atoms with Gasteiger partial charge in [-0.1, -0.05) is 65.3 Å². The minimum absolute atomic E-state index is 0.0231. The molecule has 1 aliphatic heterocycles. The summed E-state index contributed by atoms with van der Waals surface area (Å²) in [5.41, 5.74) is 6.27. The highest BCUT2D eigenvalue weighted by Crippen LogP contribution is 2.57. The molecule has 6 nitrogen and oxygen atoms in total.